The fraction of sp³-hybridized carbons (Fsp3) is 0.235. The zero-order valence-electron chi connectivity index (χ0n) is 12.2. The van der Waals surface area contributed by atoms with Gasteiger partial charge in [-0.25, -0.2) is 0 Å². The van der Waals surface area contributed by atoms with Gasteiger partial charge in [-0.05, 0) is 48.9 Å². The van der Waals surface area contributed by atoms with Crippen molar-refractivity contribution < 1.29 is 19.0 Å². The zero-order chi connectivity index (χ0) is 15.1. The van der Waals surface area contributed by atoms with Crippen molar-refractivity contribution in [3.8, 4) is 17.2 Å². The van der Waals surface area contributed by atoms with Crippen LogP contribution in [-0.4, -0.2) is 19.7 Å². The lowest BCUT2D eigenvalue weighted by Crippen LogP contribution is -2.07. The third-order valence-electron chi connectivity index (χ3n) is 2.87. The van der Waals surface area contributed by atoms with Crippen LogP contribution in [0.1, 0.15) is 12.5 Å². The molecule has 4 heteroatoms. The van der Waals surface area contributed by atoms with E-state index in [1.54, 1.807) is 14.0 Å². The first kappa shape index (κ1) is 14.9. The van der Waals surface area contributed by atoms with E-state index in [-0.39, 0.29) is 12.4 Å². The van der Waals surface area contributed by atoms with E-state index in [1.165, 1.54) is 0 Å². The van der Waals surface area contributed by atoms with E-state index >= 15 is 0 Å². The topological polar surface area (TPSA) is 44.8 Å². The van der Waals surface area contributed by atoms with Gasteiger partial charge in [-0.1, -0.05) is 12.1 Å². The number of methoxy groups -OCH3 is 1. The van der Waals surface area contributed by atoms with E-state index < -0.39 is 0 Å². The zero-order valence-corrected chi connectivity index (χ0v) is 12.2. The van der Waals surface area contributed by atoms with Gasteiger partial charge in [0.1, 0.15) is 17.2 Å². The lowest BCUT2D eigenvalue weighted by molar-refractivity contribution is -0.142. The highest BCUT2D eigenvalue weighted by atomic mass is 16.5. The molecule has 0 fully saturated rings. The van der Waals surface area contributed by atoms with Gasteiger partial charge in [-0.15, -0.1) is 0 Å². The molecule has 0 unspecified atom stereocenters. The molecule has 0 atom stereocenters. The minimum absolute atomic E-state index is 0.221. The van der Waals surface area contributed by atoms with Gasteiger partial charge in [-0.2, -0.15) is 0 Å². The maximum atomic E-state index is 11.4. The number of ether oxygens (including phenoxy) is 3. The molecule has 4 nitrogen and oxygen atoms in total. The molecule has 0 saturated heterocycles. The van der Waals surface area contributed by atoms with E-state index in [1.807, 2.05) is 48.5 Å². The number of hydrogen-bond acceptors (Lipinski definition) is 4. The number of esters is 1. The first-order valence-corrected chi connectivity index (χ1v) is 6.77. The molecule has 0 saturated carbocycles. The molecule has 0 radical (unpaired) electrons. The second-order valence-corrected chi connectivity index (χ2v) is 4.40. The molecular weight excluding hydrogens is 268 g/mol. The second-order valence-electron chi connectivity index (χ2n) is 4.40. The van der Waals surface area contributed by atoms with Crippen molar-refractivity contribution in [3.05, 3.63) is 54.1 Å². The summed E-state index contributed by atoms with van der Waals surface area (Å²) >= 11 is 0. The van der Waals surface area contributed by atoms with Gasteiger partial charge < -0.3 is 14.2 Å². The summed E-state index contributed by atoms with van der Waals surface area (Å²) in [5.41, 5.74) is 0.899. The molecule has 0 spiro atoms. The van der Waals surface area contributed by atoms with Crippen molar-refractivity contribution in [1.82, 2.24) is 0 Å². The van der Waals surface area contributed by atoms with Crippen LogP contribution in [0.5, 0.6) is 17.2 Å². The van der Waals surface area contributed by atoms with E-state index in [0.717, 1.165) is 17.1 Å². The van der Waals surface area contributed by atoms with Gasteiger partial charge in [0, 0.05) is 0 Å². The average Bonchev–Trinajstić information content (AvgIpc) is 2.50. The highest BCUT2D eigenvalue weighted by molar-refractivity contribution is 5.72. The van der Waals surface area contributed by atoms with Crippen LogP contribution < -0.4 is 9.47 Å². The molecule has 2 aromatic rings. The second kappa shape index (κ2) is 7.33. The van der Waals surface area contributed by atoms with Crippen LogP contribution in [0.2, 0.25) is 0 Å². The first-order valence-electron chi connectivity index (χ1n) is 6.77. The fourth-order valence-corrected chi connectivity index (χ4v) is 1.83. The Bertz CT molecular complexity index is 573. The molecular formula is C17H18O4. The molecule has 0 aromatic heterocycles. The number of hydrogen-bond donors (Lipinski definition) is 0. The number of carbonyl (C=O) groups excluding carboxylic acids is 1. The Kier molecular flexibility index (Phi) is 5.21. The smallest absolute Gasteiger partial charge is 0.310 e. The van der Waals surface area contributed by atoms with Gasteiger partial charge in [0.05, 0.1) is 20.1 Å². The fourth-order valence-electron chi connectivity index (χ4n) is 1.83. The van der Waals surface area contributed by atoms with Crippen molar-refractivity contribution in [2.24, 2.45) is 0 Å². The lowest BCUT2D eigenvalue weighted by atomic mass is 10.1. The largest absolute Gasteiger partial charge is 0.497 e. The maximum Gasteiger partial charge on any atom is 0.310 e. The lowest BCUT2D eigenvalue weighted by Gasteiger charge is -2.07. The van der Waals surface area contributed by atoms with E-state index in [0.29, 0.717) is 12.4 Å². The molecule has 0 amide bonds. The Morgan fingerprint density at radius 2 is 1.43 bits per heavy atom. The standard InChI is InChI=1S/C17H18O4/c1-3-20-17(18)12-13-4-6-15(7-5-13)21-16-10-8-14(19-2)9-11-16/h4-11H,3,12H2,1-2H3. The van der Waals surface area contributed by atoms with Crippen LogP contribution in [0.15, 0.2) is 48.5 Å². The third-order valence-corrected chi connectivity index (χ3v) is 2.87. The Hall–Kier alpha value is -2.49. The van der Waals surface area contributed by atoms with Crippen molar-refractivity contribution in [2.45, 2.75) is 13.3 Å². The van der Waals surface area contributed by atoms with Crippen molar-refractivity contribution in [3.63, 3.8) is 0 Å². The third kappa shape index (κ3) is 4.53. The first-order chi connectivity index (χ1) is 10.2. The summed E-state index contributed by atoms with van der Waals surface area (Å²) in [7, 11) is 1.62. The molecule has 0 aliphatic carbocycles. The van der Waals surface area contributed by atoms with Gasteiger partial charge in [-0.3, -0.25) is 4.79 Å². The normalized spacial score (nSPS) is 10.0. The molecule has 110 valence electrons. The Morgan fingerprint density at radius 3 is 1.95 bits per heavy atom. The van der Waals surface area contributed by atoms with Crippen LogP contribution in [0.3, 0.4) is 0 Å². The molecule has 2 aromatic carbocycles. The summed E-state index contributed by atoms with van der Waals surface area (Å²) in [4.78, 5) is 11.4. The van der Waals surface area contributed by atoms with Crippen LogP contribution in [-0.2, 0) is 16.0 Å². The molecule has 0 heterocycles. The molecule has 0 aliphatic rings. The van der Waals surface area contributed by atoms with Gasteiger partial charge in [0.25, 0.3) is 0 Å². The summed E-state index contributed by atoms with van der Waals surface area (Å²) < 4.78 is 15.7. The Morgan fingerprint density at radius 1 is 0.905 bits per heavy atom. The summed E-state index contributed by atoms with van der Waals surface area (Å²) in [5, 5.41) is 0. The minimum Gasteiger partial charge on any atom is -0.497 e. The van der Waals surface area contributed by atoms with Crippen molar-refractivity contribution >= 4 is 5.97 Å². The highest BCUT2D eigenvalue weighted by Crippen LogP contribution is 2.24. The van der Waals surface area contributed by atoms with Crippen LogP contribution in [0.25, 0.3) is 0 Å². The monoisotopic (exact) mass is 286 g/mol. The maximum absolute atomic E-state index is 11.4. The van der Waals surface area contributed by atoms with Crippen molar-refractivity contribution in [1.29, 1.82) is 0 Å². The van der Waals surface area contributed by atoms with Crippen molar-refractivity contribution in [2.75, 3.05) is 13.7 Å². The van der Waals surface area contributed by atoms with Gasteiger partial charge in [0.2, 0.25) is 0 Å². The van der Waals surface area contributed by atoms with E-state index in [2.05, 4.69) is 0 Å². The molecule has 0 bridgehead atoms. The number of rotatable bonds is 6. The molecule has 21 heavy (non-hydrogen) atoms. The Balaban J connectivity index is 1.96. The quantitative estimate of drug-likeness (QED) is 0.761. The van der Waals surface area contributed by atoms with Gasteiger partial charge in [0.15, 0.2) is 0 Å². The average molecular weight is 286 g/mol. The number of benzene rings is 2. The van der Waals surface area contributed by atoms with E-state index in [9.17, 15) is 4.79 Å². The molecule has 0 aliphatic heterocycles. The molecule has 2 rings (SSSR count). The van der Waals surface area contributed by atoms with Crippen LogP contribution in [0, 0.1) is 0 Å². The number of carbonyl (C=O) groups is 1. The van der Waals surface area contributed by atoms with Gasteiger partial charge >= 0.3 is 5.97 Å². The minimum atomic E-state index is -0.221. The van der Waals surface area contributed by atoms with E-state index in [4.69, 9.17) is 14.2 Å². The summed E-state index contributed by atoms with van der Waals surface area (Å²) in [6.45, 7) is 2.20. The summed E-state index contributed by atoms with van der Waals surface area (Å²) in [5.74, 6) is 2.01. The Labute approximate surface area is 124 Å². The SMILES string of the molecule is CCOC(=O)Cc1ccc(Oc2ccc(OC)cc2)cc1. The highest BCUT2D eigenvalue weighted by Gasteiger charge is 2.04. The van der Waals surface area contributed by atoms with Crippen LogP contribution >= 0.6 is 0 Å². The summed E-state index contributed by atoms with van der Waals surface area (Å²) in [6, 6.07) is 14.7. The summed E-state index contributed by atoms with van der Waals surface area (Å²) in [6.07, 6.45) is 0.274. The van der Waals surface area contributed by atoms with Crippen LogP contribution in [0.4, 0.5) is 0 Å². The predicted octanol–water partition coefficient (Wildman–Crippen LogP) is 3.59. The predicted molar refractivity (Wildman–Crippen MR) is 79.8 cm³/mol. The molecule has 0 N–H and O–H groups in total.